The third-order valence-corrected chi connectivity index (χ3v) is 13.0. The van der Waals surface area contributed by atoms with E-state index in [1.54, 1.807) is 48.2 Å². The number of hydrogen-bond donors (Lipinski definition) is 4. The van der Waals surface area contributed by atoms with Crippen LogP contribution >= 0.6 is 11.8 Å². The zero-order valence-electron chi connectivity index (χ0n) is 32.9. The topological polar surface area (TPSA) is 151 Å². The van der Waals surface area contributed by atoms with Crippen LogP contribution in [0.15, 0.2) is 161 Å². The molecule has 0 aromatic heterocycles. The van der Waals surface area contributed by atoms with Crippen molar-refractivity contribution in [3.05, 3.63) is 191 Å². The van der Waals surface area contributed by atoms with Gasteiger partial charge in [-0.3, -0.25) is 4.79 Å². The lowest BCUT2D eigenvalue weighted by Crippen LogP contribution is -2.47. The average Bonchev–Trinajstić information content (AvgIpc) is 3.28. The number of benzene rings is 6. The van der Waals surface area contributed by atoms with Crippen molar-refractivity contribution in [3.8, 4) is 11.1 Å². The second-order valence-corrected chi connectivity index (χ2v) is 17.5. The van der Waals surface area contributed by atoms with Crippen molar-refractivity contribution in [2.24, 2.45) is 0 Å². The van der Waals surface area contributed by atoms with Gasteiger partial charge in [-0.25, -0.2) is 13.2 Å². The van der Waals surface area contributed by atoms with Gasteiger partial charge in [0.05, 0.1) is 29.3 Å². The van der Waals surface area contributed by atoms with Gasteiger partial charge in [0.25, 0.3) is 0 Å². The number of amides is 1. The molecule has 1 heterocycles. The number of ether oxygens (including phenoxy) is 2. The highest BCUT2D eigenvalue weighted by Gasteiger charge is 2.32. The number of carbonyl (C=O) groups excluding carboxylic acids is 1. The van der Waals surface area contributed by atoms with Gasteiger partial charge in [0, 0.05) is 29.2 Å². The van der Waals surface area contributed by atoms with E-state index in [1.165, 1.54) is 12.1 Å². The minimum absolute atomic E-state index is 0.0514. The Kier molecular flexibility index (Phi) is 13.9. The van der Waals surface area contributed by atoms with Crippen LogP contribution in [-0.2, 0) is 43.9 Å². The van der Waals surface area contributed by atoms with Gasteiger partial charge in [0.2, 0.25) is 15.9 Å². The summed E-state index contributed by atoms with van der Waals surface area (Å²) in [5.74, 6) is -0.797. The van der Waals surface area contributed by atoms with Gasteiger partial charge in [0.15, 0.2) is 6.29 Å². The first-order chi connectivity index (χ1) is 29.0. The number of carboxylic acid groups (broad SMARTS) is 1. The first-order valence-corrected chi connectivity index (χ1v) is 22.1. The molecule has 0 radical (unpaired) electrons. The molecule has 10 nitrogen and oxygen atoms in total. The van der Waals surface area contributed by atoms with E-state index >= 15 is 0 Å². The number of sulfonamides is 1. The number of nitrogens with one attached hydrogen (secondary N) is 2. The molecule has 0 aliphatic carbocycles. The lowest BCUT2D eigenvalue weighted by atomic mass is 9.97. The van der Waals surface area contributed by atoms with Crippen molar-refractivity contribution < 1.29 is 37.7 Å². The molecule has 0 spiro atoms. The Labute approximate surface area is 354 Å². The molecule has 12 heteroatoms. The van der Waals surface area contributed by atoms with E-state index in [0.717, 1.165) is 49.4 Å². The van der Waals surface area contributed by atoms with Crippen molar-refractivity contribution in [2.75, 3.05) is 5.75 Å². The molecule has 1 aliphatic heterocycles. The van der Waals surface area contributed by atoms with E-state index < -0.39 is 34.2 Å². The number of rotatable bonds is 16. The van der Waals surface area contributed by atoms with Crippen LogP contribution in [-0.4, -0.2) is 48.4 Å². The molecule has 4 unspecified atom stereocenters. The molecule has 1 amide bonds. The quantitative estimate of drug-likeness (QED) is 0.0705. The van der Waals surface area contributed by atoms with Gasteiger partial charge in [-0.15, -0.1) is 11.8 Å². The van der Waals surface area contributed by atoms with Crippen molar-refractivity contribution >= 4 is 33.7 Å². The Morgan fingerprint density at radius 2 is 1.43 bits per heavy atom. The van der Waals surface area contributed by atoms with Crippen LogP contribution in [0.4, 0.5) is 0 Å². The molecule has 308 valence electrons. The fourth-order valence-corrected chi connectivity index (χ4v) is 9.11. The highest BCUT2D eigenvalue weighted by molar-refractivity contribution is 7.99. The smallest absolute Gasteiger partial charge is 0.335 e. The van der Waals surface area contributed by atoms with Crippen LogP contribution in [0, 0.1) is 6.92 Å². The van der Waals surface area contributed by atoms with E-state index in [9.17, 15) is 28.2 Å². The van der Waals surface area contributed by atoms with Crippen LogP contribution in [0.3, 0.4) is 0 Å². The number of aliphatic hydroxyl groups is 1. The summed E-state index contributed by atoms with van der Waals surface area (Å²) < 4.78 is 42.6. The van der Waals surface area contributed by atoms with Crippen molar-refractivity contribution in [3.63, 3.8) is 0 Å². The highest BCUT2D eigenvalue weighted by atomic mass is 32.2. The minimum atomic E-state index is -3.99. The molecule has 6 aromatic rings. The molecule has 1 aliphatic rings. The Bertz CT molecular complexity index is 2480. The third-order valence-electron chi connectivity index (χ3n) is 10.3. The SMILES string of the molecule is Cc1ccc(S(=O)(=O)NC(Cc2ccccc2)C(=O)NCc2ccccc2-c2ccc(C3OC(CSc4ccc(C(=O)O)cc4)CC(c4ccc(CO)cc4)O3)cc2)cc1. The summed E-state index contributed by atoms with van der Waals surface area (Å²) in [6.45, 7) is 1.99. The average molecular weight is 843 g/mol. The Morgan fingerprint density at radius 3 is 2.12 bits per heavy atom. The van der Waals surface area contributed by atoms with E-state index in [2.05, 4.69) is 10.0 Å². The molecule has 60 heavy (non-hydrogen) atoms. The number of carbonyl (C=O) groups is 2. The van der Waals surface area contributed by atoms with Crippen molar-refractivity contribution in [2.45, 2.75) is 67.2 Å². The number of aryl methyl sites for hydroxylation is 1. The van der Waals surface area contributed by atoms with E-state index in [-0.39, 0.29) is 42.2 Å². The van der Waals surface area contributed by atoms with Crippen LogP contribution in [0.25, 0.3) is 11.1 Å². The molecule has 4 atom stereocenters. The molecule has 1 fully saturated rings. The van der Waals surface area contributed by atoms with E-state index in [4.69, 9.17) is 9.47 Å². The van der Waals surface area contributed by atoms with E-state index in [0.29, 0.717) is 12.2 Å². The van der Waals surface area contributed by atoms with Crippen molar-refractivity contribution in [1.29, 1.82) is 0 Å². The second kappa shape index (κ2) is 19.6. The first kappa shape index (κ1) is 42.5. The van der Waals surface area contributed by atoms with E-state index in [1.807, 2.05) is 110 Å². The number of hydrogen-bond acceptors (Lipinski definition) is 8. The van der Waals surface area contributed by atoms with Crippen LogP contribution < -0.4 is 10.0 Å². The fourth-order valence-electron chi connectivity index (χ4n) is 7.00. The van der Waals surface area contributed by atoms with Gasteiger partial charge >= 0.3 is 5.97 Å². The van der Waals surface area contributed by atoms with Crippen molar-refractivity contribution in [1.82, 2.24) is 10.0 Å². The minimum Gasteiger partial charge on any atom is -0.478 e. The van der Waals surface area contributed by atoms with Crippen LogP contribution in [0.1, 0.15) is 62.6 Å². The normalized spacial score (nSPS) is 17.1. The summed E-state index contributed by atoms with van der Waals surface area (Å²) in [6, 6.07) is 44.9. The van der Waals surface area contributed by atoms with Gasteiger partial charge in [-0.05, 0) is 83.1 Å². The lowest BCUT2D eigenvalue weighted by molar-refractivity contribution is -0.245. The molecule has 0 saturated carbocycles. The molecule has 7 rings (SSSR count). The molecule has 1 saturated heterocycles. The predicted octanol–water partition coefficient (Wildman–Crippen LogP) is 8.40. The van der Waals surface area contributed by atoms with Gasteiger partial charge in [-0.2, -0.15) is 4.72 Å². The summed E-state index contributed by atoms with van der Waals surface area (Å²) in [5, 5.41) is 21.9. The Morgan fingerprint density at radius 1 is 0.767 bits per heavy atom. The van der Waals surface area contributed by atoms with Gasteiger partial charge < -0.3 is 25.0 Å². The summed E-state index contributed by atoms with van der Waals surface area (Å²) in [4.78, 5) is 26.2. The van der Waals surface area contributed by atoms with Crippen LogP contribution in [0.2, 0.25) is 0 Å². The third kappa shape index (κ3) is 11.0. The standard InChI is InChI=1S/C48H46N2O8S2/c1-32-11-25-42(26-12-32)60(55,56)50-44(27-33-7-3-2-4-8-33)46(52)49-29-39-9-5-6-10-43(39)35-17-19-38(20-18-35)48-57-40(31-59-41-23-21-37(22-24-41)47(53)54)28-45(58-48)36-15-13-34(30-51)14-16-36/h2-26,40,44-45,48,50-51H,27-31H2,1H3,(H,49,52)(H,53,54). The maximum Gasteiger partial charge on any atom is 0.335 e. The zero-order valence-corrected chi connectivity index (χ0v) is 34.6. The molecular formula is C48H46N2O8S2. The number of aromatic carboxylic acids is 1. The van der Waals surface area contributed by atoms with Gasteiger partial charge in [0.1, 0.15) is 6.04 Å². The summed E-state index contributed by atoms with van der Waals surface area (Å²) >= 11 is 1.59. The Hall–Kier alpha value is -5.60. The molecule has 0 bridgehead atoms. The first-order valence-electron chi connectivity index (χ1n) is 19.6. The maximum atomic E-state index is 13.8. The summed E-state index contributed by atoms with van der Waals surface area (Å²) in [5.41, 5.74) is 7.25. The van der Waals surface area contributed by atoms with Crippen LogP contribution in [0.5, 0.6) is 0 Å². The molecule has 4 N–H and O–H groups in total. The fraction of sp³-hybridized carbons (Fsp3) is 0.208. The number of thioether (sulfide) groups is 1. The lowest BCUT2D eigenvalue weighted by Gasteiger charge is -2.36. The Balaban J connectivity index is 1.06. The molecular weight excluding hydrogens is 797 g/mol. The number of carboxylic acids is 1. The maximum absolute atomic E-state index is 13.8. The summed E-state index contributed by atoms with van der Waals surface area (Å²) in [6.07, 6.45) is -0.360. The second-order valence-electron chi connectivity index (χ2n) is 14.7. The summed E-state index contributed by atoms with van der Waals surface area (Å²) in [7, 11) is -3.99. The van der Waals surface area contributed by atoms with Gasteiger partial charge in [-0.1, -0.05) is 121 Å². The zero-order chi connectivity index (χ0) is 42.1. The molecule has 6 aromatic carbocycles. The monoisotopic (exact) mass is 842 g/mol. The predicted molar refractivity (Wildman–Crippen MR) is 232 cm³/mol. The largest absolute Gasteiger partial charge is 0.478 e. The highest BCUT2D eigenvalue weighted by Crippen LogP contribution is 2.40. The number of aliphatic hydroxyl groups excluding tert-OH is 1.